The third kappa shape index (κ3) is 4.97. The minimum atomic E-state index is -0.748. The second kappa shape index (κ2) is 3.04. The first-order chi connectivity index (χ1) is 3.63. The smallest absolute Gasteiger partial charge is 0.0222 e. The van der Waals surface area contributed by atoms with E-state index in [4.69, 9.17) is 11.3 Å². The lowest BCUT2D eigenvalue weighted by molar-refractivity contribution is -0.213. The largest absolute Gasteiger partial charge is 0.859 e. The van der Waals surface area contributed by atoms with Crippen molar-refractivity contribution in [2.75, 3.05) is 7.05 Å². The Hall–Kier alpha value is -1.03. The van der Waals surface area contributed by atoms with Crippen LogP contribution in [0.25, 0.3) is 0 Å². The molecule has 0 saturated heterocycles. The van der Waals surface area contributed by atoms with Gasteiger partial charge >= 0.3 is 0 Å². The molecular weight excluding hydrogens is 106 g/mol. The first kappa shape index (κ1) is 6.97. The van der Waals surface area contributed by atoms with Gasteiger partial charge in [-0.05, 0) is 12.0 Å². The zero-order valence-electron chi connectivity index (χ0n) is 4.59. The summed E-state index contributed by atoms with van der Waals surface area (Å²) >= 11 is 0. The normalized spacial score (nSPS) is 9.75. The molecule has 0 aliphatic carbocycles. The quantitative estimate of drug-likeness (QED) is 0.201. The van der Waals surface area contributed by atoms with E-state index in [1.165, 1.54) is 11.2 Å². The van der Waals surface area contributed by atoms with Gasteiger partial charge in [-0.15, -0.1) is 0 Å². The van der Waals surface area contributed by atoms with Gasteiger partial charge in [0, 0.05) is 13.2 Å². The molecule has 0 saturated carbocycles. The molecule has 0 aromatic rings. The Morgan fingerprint density at radius 1 is 1.88 bits per heavy atom. The fraction of sp³-hybridized carbons (Fsp3) is 0.250. The van der Waals surface area contributed by atoms with E-state index in [9.17, 15) is 5.11 Å². The summed E-state index contributed by atoms with van der Waals surface area (Å²) in [6.45, 7) is 0. The SMILES string of the molecule is CN(N)/C=C/C(=N)[O-]. The van der Waals surface area contributed by atoms with Crippen molar-refractivity contribution in [1.29, 1.82) is 5.41 Å². The van der Waals surface area contributed by atoms with Crippen LogP contribution >= 0.6 is 0 Å². The number of nitrogens with two attached hydrogens (primary N) is 1. The van der Waals surface area contributed by atoms with Gasteiger partial charge in [-0.1, -0.05) is 0 Å². The third-order valence-electron chi connectivity index (χ3n) is 0.461. The summed E-state index contributed by atoms with van der Waals surface area (Å²) in [6.07, 6.45) is 2.38. The Bertz CT molecular complexity index is 108. The molecule has 0 aromatic heterocycles. The lowest BCUT2D eigenvalue weighted by Crippen LogP contribution is -2.20. The van der Waals surface area contributed by atoms with Gasteiger partial charge in [-0.3, -0.25) is 0 Å². The minimum absolute atomic E-state index is 0.748. The van der Waals surface area contributed by atoms with Crippen molar-refractivity contribution in [2.45, 2.75) is 0 Å². The highest BCUT2D eigenvalue weighted by Gasteiger charge is 1.71. The van der Waals surface area contributed by atoms with Crippen LogP contribution in [-0.4, -0.2) is 18.0 Å². The van der Waals surface area contributed by atoms with Crippen LogP contribution in [-0.2, 0) is 0 Å². The minimum Gasteiger partial charge on any atom is -0.859 e. The molecule has 0 aliphatic rings. The van der Waals surface area contributed by atoms with Gasteiger partial charge in [0.25, 0.3) is 0 Å². The average molecular weight is 114 g/mol. The number of hydrogen-bond donors (Lipinski definition) is 2. The molecule has 4 nitrogen and oxygen atoms in total. The fourth-order valence-electron chi connectivity index (χ4n) is 0.185. The van der Waals surface area contributed by atoms with Crippen molar-refractivity contribution in [2.24, 2.45) is 5.84 Å². The molecule has 0 atom stereocenters. The fourth-order valence-corrected chi connectivity index (χ4v) is 0.185. The van der Waals surface area contributed by atoms with Gasteiger partial charge in [-0.25, -0.2) is 5.84 Å². The zero-order chi connectivity index (χ0) is 6.57. The maximum absolute atomic E-state index is 9.85. The molecule has 0 aliphatic heterocycles. The van der Waals surface area contributed by atoms with Crippen LogP contribution in [0.5, 0.6) is 0 Å². The Morgan fingerprint density at radius 3 is 2.50 bits per heavy atom. The molecule has 0 bridgehead atoms. The molecule has 0 rings (SSSR count). The summed E-state index contributed by atoms with van der Waals surface area (Å²) < 4.78 is 0. The summed E-state index contributed by atoms with van der Waals surface area (Å²) in [7, 11) is 1.57. The van der Waals surface area contributed by atoms with Crippen LogP contribution in [0.15, 0.2) is 12.3 Å². The second-order valence-electron chi connectivity index (χ2n) is 1.35. The molecule has 3 N–H and O–H groups in total. The highest BCUT2D eigenvalue weighted by Crippen LogP contribution is 1.70. The van der Waals surface area contributed by atoms with Crippen LogP contribution in [0, 0.1) is 5.41 Å². The molecule has 8 heavy (non-hydrogen) atoms. The maximum Gasteiger partial charge on any atom is 0.0222 e. The first-order valence-electron chi connectivity index (χ1n) is 2.04. The summed E-state index contributed by atoms with van der Waals surface area (Å²) in [5.41, 5.74) is 0. The van der Waals surface area contributed by atoms with Crippen molar-refractivity contribution in [3.8, 4) is 0 Å². The number of rotatable bonds is 2. The van der Waals surface area contributed by atoms with Crippen molar-refractivity contribution in [3.63, 3.8) is 0 Å². The van der Waals surface area contributed by atoms with E-state index >= 15 is 0 Å². The van der Waals surface area contributed by atoms with E-state index in [0.29, 0.717) is 0 Å². The third-order valence-corrected chi connectivity index (χ3v) is 0.461. The Morgan fingerprint density at radius 2 is 2.38 bits per heavy atom. The molecular formula is C4H8N3O-. The number of nitrogens with one attached hydrogen (secondary N) is 1. The lowest BCUT2D eigenvalue weighted by Gasteiger charge is -2.04. The average Bonchev–Trinajstić information content (AvgIpc) is 1.61. The topological polar surface area (TPSA) is 76.2 Å². The summed E-state index contributed by atoms with van der Waals surface area (Å²) in [4.78, 5) is 0. The molecule has 0 unspecified atom stereocenters. The summed E-state index contributed by atoms with van der Waals surface area (Å²) in [5, 5.41) is 17.4. The van der Waals surface area contributed by atoms with Crippen LogP contribution in [0.1, 0.15) is 0 Å². The molecule has 46 valence electrons. The standard InChI is InChI=1S/C4H9N3O/c1-7(6)3-2-4(5)8/h2-3H,6H2,1H3,(H2,5,8)/p-1/b3-2+. The highest BCUT2D eigenvalue weighted by atomic mass is 16.3. The molecule has 0 heterocycles. The Kier molecular flexibility index (Phi) is 2.64. The number of nitrogens with zero attached hydrogens (tertiary/aromatic N) is 1. The van der Waals surface area contributed by atoms with E-state index in [-0.39, 0.29) is 0 Å². The Labute approximate surface area is 47.7 Å². The van der Waals surface area contributed by atoms with Gasteiger partial charge < -0.3 is 15.5 Å². The van der Waals surface area contributed by atoms with E-state index in [1.807, 2.05) is 0 Å². The molecule has 0 radical (unpaired) electrons. The predicted molar refractivity (Wildman–Crippen MR) is 28.8 cm³/mol. The van der Waals surface area contributed by atoms with Crippen LogP contribution in [0.4, 0.5) is 0 Å². The highest BCUT2D eigenvalue weighted by molar-refractivity contribution is 5.80. The molecule has 0 amide bonds. The second-order valence-corrected chi connectivity index (χ2v) is 1.35. The van der Waals surface area contributed by atoms with Gasteiger partial charge in [0.1, 0.15) is 0 Å². The monoisotopic (exact) mass is 114 g/mol. The van der Waals surface area contributed by atoms with E-state index in [2.05, 4.69) is 0 Å². The van der Waals surface area contributed by atoms with Crippen LogP contribution in [0.3, 0.4) is 0 Å². The Balaban J connectivity index is 3.50. The van der Waals surface area contributed by atoms with Crippen molar-refractivity contribution in [1.82, 2.24) is 5.01 Å². The van der Waals surface area contributed by atoms with Crippen LogP contribution in [0.2, 0.25) is 0 Å². The van der Waals surface area contributed by atoms with Gasteiger partial charge in [-0.2, -0.15) is 0 Å². The van der Waals surface area contributed by atoms with Gasteiger partial charge in [0.2, 0.25) is 0 Å². The predicted octanol–water partition coefficient (Wildman–Crippen LogP) is -1.36. The maximum atomic E-state index is 9.85. The van der Waals surface area contributed by atoms with Gasteiger partial charge in [0.05, 0.1) is 0 Å². The first-order valence-corrected chi connectivity index (χ1v) is 2.04. The number of hydrogen-bond acceptors (Lipinski definition) is 4. The molecule has 4 heteroatoms. The van der Waals surface area contributed by atoms with Crippen molar-refractivity contribution < 1.29 is 5.11 Å². The van der Waals surface area contributed by atoms with E-state index < -0.39 is 5.90 Å². The summed E-state index contributed by atoms with van der Waals surface area (Å²) in [5.74, 6) is 4.30. The zero-order valence-corrected chi connectivity index (χ0v) is 4.59. The molecule has 0 aromatic carbocycles. The lowest BCUT2D eigenvalue weighted by atomic mass is 10.6. The molecule has 0 spiro atoms. The van der Waals surface area contributed by atoms with Crippen molar-refractivity contribution >= 4 is 5.90 Å². The summed E-state index contributed by atoms with van der Waals surface area (Å²) in [6, 6.07) is 0. The van der Waals surface area contributed by atoms with Gasteiger partial charge in [0.15, 0.2) is 0 Å². The van der Waals surface area contributed by atoms with E-state index in [1.54, 1.807) is 7.05 Å². The van der Waals surface area contributed by atoms with E-state index in [0.717, 1.165) is 6.08 Å². The van der Waals surface area contributed by atoms with Crippen LogP contribution < -0.4 is 10.9 Å². The van der Waals surface area contributed by atoms with Crippen molar-refractivity contribution in [3.05, 3.63) is 12.3 Å². The molecule has 0 fully saturated rings. The number of hydrazine groups is 1.